The van der Waals surface area contributed by atoms with Crippen LogP contribution < -0.4 is 4.74 Å². The summed E-state index contributed by atoms with van der Waals surface area (Å²) in [5.74, 6) is -0.614. The third-order valence-electron chi connectivity index (χ3n) is 4.09. The molecule has 0 bridgehead atoms. The number of hydrogen-bond acceptors (Lipinski definition) is 3. The average molecular weight is 330 g/mol. The molecule has 0 amide bonds. The van der Waals surface area contributed by atoms with Crippen LogP contribution in [0.1, 0.15) is 32.2 Å². The SMILES string of the molecule is COc1ccc(C(C(=O)c2ccccc2)C(=O)c2ccccc2)cc1. The fourth-order valence-electron chi connectivity index (χ4n) is 2.76. The summed E-state index contributed by atoms with van der Waals surface area (Å²) in [5.41, 5.74) is 1.70. The number of hydrogen-bond donors (Lipinski definition) is 0. The van der Waals surface area contributed by atoms with E-state index in [0.717, 1.165) is 0 Å². The van der Waals surface area contributed by atoms with Crippen LogP contribution in [0.2, 0.25) is 0 Å². The standard InChI is InChI=1S/C22H18O3/c1-25-19-14-12-16(13-15-19)20(21(23)17-8-4-2-5-9-17)22(24)18-10-6-3-7-11-18/h2-15,20H,1H3. The van der Waals surface area contributed by atoms with Gasteiger partial charge in [-0.2, -0.15) is 0 Å². The molecular formula is C22H18O3. The molecule has 0 N–H and O–H groups in total. The molecule has 3 rings (SSSR count). The summed E-state index contributed by atoms with van der Waals surface area (Å²) in [6, 6.07) is 24.9. The van der Waals surface area contributed by atoms with E-state index in [1.54, 1.807) is 79.9 Å². The first-order valence-electron chi connectivity index (χ1n) is 8.03. The Labute approximate surface area is 146 Å². The molecule has 0 aliphatic heterocycles. The van der Waals surface area contributed by atoms with E-state index in [2.05, 4.69) is 0 Å². The molecule has 0 spiro atoms. The summed E-state index contributed by atoms with van der Waals surface area (Å²) in [6.45, 7) is 0. The summed E-state index contributed by atoms with van der Waals surface area (Å²) in [7, 11) is 1.58. The van der Waals surface area contributed by atoms with E-state index in [1.807, 2.05) is 12.1 Å². The summed E-state index contributed by atoms with van der Waals surface area (Å²) < 4.78 is 5.17. The van der Waals surface area contributed by atoms with Crippen LogP contribution in [0, 0.1) is 0 Å². The van der Waals surface area contributed by atoms with E-state index in [9.17, 15) is 9.59 Å². The molecule has 0 aliphatic carbocycles. The number of rotatable bonds is 6. The van der Waals surface area contributed by atoms with Crippen molar-refractivity contribution in [2.45, 2.75) is 5.92 Å². The maximum Gasteiger partial charge on any atom is 0.178 e. The third-order valence-corrected chi connectivity index (χ3v) is 4.09. The molecule has 124 valence electrons. The van der Waals surface area contributed by atoms with E-state index in [-0.39, 0.29) is 11.6 Å². The Morgan fingerprint density at radius 3 is 1.52 bits per heavy atom. The smallest absolute Gasteiger partial charge is 0.178 e. The molecule has 3 heteroatoms. The molecule has 0 aromatic heterocycles. The predicted molar refractivity (Wildman–Crippen MR) is 97.3 cm³/mol. The second-order valence-corrected chi connectivity index (χ2v) is 5.67. The number of Topliss-reactive ketones (excluding diaryl/α,β-unsaturated/α-hetero) is 2. The maximum absolute atomic E-state index is 13.1. The van der Waals surface area contributed by atoms with Crippen molar-refractivity contribution in [3.8, 4) is 5.75 Å². The Morgan fingerprint density at radius 2 is 1.12 bits per heavy atom. The molecule has 0 fully saturated rings. The predicted octanol–water partition coefficient (Wildman–Crippen LogP) is 4.54. The first-order chi connectivity index (χ1) is 12.2. The van der Waals surface area contributed by atoms with Gasteiger partial charge >= 0.3 is 0 Å². The van der Waals surface area contributed by atoms with Crippen LogP contribution in [0.5, 0.6) is 5.75 Å². The summed E-state index contributed by atoms with van der Waals surface area (Å²) in [4.78, 5) is 26.1. The zero-order valence-corrected chi connectivity index (χ0v) is 13.9. The molecule has 0 saturated carbocycles. The lowest BCUT2D eigenvalue weighted by atomic mass is 9.84. The van der Waals surface area contributed by atoms with Gasteiger partial charge in [0.1, 0.15) is 11.7 Å². The van der Waals surface area contributed by atoms with E-state index < -0.39 is 5.92 Å². The van der Waals surface area contributed by atoms with E-state index in [1.165, 1.54) is 0 Å². The number of benzene rings is 3. The van der Waals surface area contributed by atoms with E-state index in [4.69, 9.17) is 4.74 Å². The minimum Gasteiger partial charge on any atom is -0.497 e. The number of ether oxygens (including phenoxy) is 1. The van der Waals surface area contributed by atoms with Crippen molar-refractivity contribution >= 4 is 11.6 Å². The lowest BCUT2D eigenvalue weighted by molar-refractivity contribution is 0.0860. The Kier molecular flexibility index (Phi) is 5.05. The van der Waals surface area contributed by atoms with Crippen molar-refractivity contribution in [3.63, 3.8) is 0 Å². The zero-order chi connectivity index (χ0) is 17.6. The van der Waals surface area contributed by atoms with Crippen LogP contribution in [0.15, 0.2) is 84.9 Å². The lowest BCUT2D eigenvalue weighted by Crippen LogP contribution is -2.22. The van der Waals surface area contributed by atoms with Crippen molar-refractivity contribution in [2.24, 2.45) is 0 Å². The van der Waals surface area contributed by atoms with Crippen molar-refractivity contribution in [3.05, 3.63) is 102 Å². The number of ketones is 2. The molecule has 0 heterocycles. The monoisotopic (exact) mass is 330 g/mol. The molecule has 3 nitrogen and oxygen atoms in total. The van der Waals surface area contributed by atoms with Crippen LogP contribution >= 0.6 is 0 Å². The van der Waals surface area contributed by atoms with E-state index in [0.29, 0.717) is 22.4 Å². The first-order valence-corrected chi connectivity index (χ1v) is 8.03. The largest absolute Gasteiger partial charge is 0.497 e. The van der Waals surface area contributed by atoms with Crippen molar-refractivity contribution in [1.29, 1.82) is 0 Å². The molecule has 0 unspecified atom stereocenters. The number of carbonyl (C=O) groups is 2. The van der Waals surface area contributed by atoms with Crippen LogP contribution in [0.4, 0.5) is 0 Å². The van der Waals surface area contributed by atoms with Gasteiger partial charge in [-0.25, -0.2) is 0 Å². The van der Waals surface area contributed by atoms with Crippen LogP contribution in [0.3, 0.4) is 0 Å². The van der Waals surface area contributed by atoms with Crippen molar-refractivity contribution < 1.29 is 14.3 Å². The highest BCUT2D eigenvalue weighted by Crippen LogP contribution is 2.27. The fourth-order valence-corrected chi connectivity index (χ4v) is 2.76. The molecule has 0 atom stereocenters. The second-order valence-electron chi connectivity index (χ2n) is 5.67. The molecular weight excluding hydrogens is 312 g/mol. The molecule has 3 aromatic carbocycles. The summed E-state index contributed by atoms with van der Waals surface area (Å²) >= 11 is 0. The van der Waals surface area contributed by atoms with Gasteiger partial charge in [-0.1, -0.05) is 72.8 Å². The number of carbonyl (C=O) groups excluding carboxylic acids is 2. The van der Waals surface area contributed by atoms with Gasteiger partial charge in [-0.3, -0.25) is 9.59 Å². The lowest BCUT2D eigenvalue weighted by Gasteiger charge is -2.16. The normalized spacial score (nSPS) is 10.5. The van der Waals surface area contributed by atoms with Gasteiger partial charge in [-0.05, 0) is 17.7 Å². The van der Waals surface area contributed by atoms with Gasteiger partial charge < -0.3 is 4.74 Å². The van der Waals surface area contributed by atoms with Crippen LogP contribution in [-0.4, -0.2) is 18.7 Å². The highest BCUT2D eigenvalue weighted by Gasteiger charge is 2.30. The summed E-state index contributed by atoms with van der Waals surface area (Å²) in [5, 5.41) is 0. The maximum atomic E-state index is 13.1. The van der Waals surface area contributed by atoms with Gasteiger partial charge in [0.25, 0.3) is 0 Å². The van der Waals surface area contributed by atoms with Crippen molar-refractivity contribution in [2.75, 3.05) is 7.11 Å². The van der Waals surface area contributed by atoms with Gasteiger partial charge in [0.2, 0.25) is 0 Å². The molecule has 0 aliphatic rings. The van der Waals surface area contributed by atoms with Crippen LogP contribution in [-0.2, 0) is 0 Å². The Morgan fingerprint density at radius 1 is 0.680 bits per heavy atom. The molecule has 3 aromatic rings. The quantitative estimate of drug-likeness (QED) is 0.492. The highest BCUT2D eigenvalue weighted by atomic mass is 16.5. The topological polar surface area (TPSA) is 43.4 Å². The molecule has 25 heavy (non-hydrogen) atoms. The third kappa shape index (κ3) is 3.66. The van der Waals surface area contributed by atoms with Gasteiger partial charge in [-0.15, -0.1) is 0 Å². The highest BCUT2D eigenvalue weighted by molar-refractivity contribution is 6.20. The number of methoxy groups -OCH3 is 1. The van der Waals surface area contributed by atoms with Crippen molar-refractivity contribution in [1.82, 2.24) is 0 Å². The van der Waals surface area contributed by atoms with Gasteiger partial charge in [0, 0.05) is 11.1 Å². The van der Waals surface area contributed by atoms with Gasteiger partial charge in [0.05, 0.1) is 7.11 Å². The first kappa shape index (κ1) is 16.7. The Balaban J connectivity index is 2.04. The Bertz CT molecular complexity index is 801. The molecule has 0 radical (unpaired) electrons. The average Bonchev–Trinajstić information content (AvgIpc) is 2.70. The van der Waals surface area contributed by atoms with E-state index >= 15 is 0 Å². The second kappa shape index (κ2) is 7.58. The molecule has 0 saturated heterocycles. The minimum atomic E-state index is -0.879. The van der Waals surface area contributed by atoms with Crippen LogP contribution in [0.25, 0.3) is 0 Å². The Hall–Kier alpha value is -3.20. The minimum absolute atomic E-state index is 0.209. The zero-order valence-electron chi connectivity index (χ0n) is 13.9. The fraction of sp³-hybridized carbons (Fsp3) is 0.0909. The summed E-state index contributed by atoms with van der Waals surface area (Å²) in [6.07, 6.45) is 0. The van der Waals surface area contributed by atoms with Gasteiger partial charge in [0.15, 0.2) is 11.6 Å².